The Morgan fingerprint density at radius 1 is 1.21 bits per heavy atom. The van der Waals surface area contributed by atoms with Gasteiger partial charge in [0, 0.05) is 16.8 Å². The van der Waals surface area contributed by atoms with Crippen LogP contribution in [0.1, 0.15) is 5.69 Å². The first-order valence-electron chi connectivity index (χ1n) is 4.01. The lowest BCUT2D eigenvalue weighted by molar-refractivity contribution is 0.590. The van der Waals surface area contributed by atoms with Crippen molar-refractivity contribution in [3.63, 3.8) is 0 Å². The van der Waals surface area contributed by atoms with Crippen LogP contribution in [0, 0.1) is 11.6 Å². The van der Waals surface area contributed by atoms with Gasteiger partial charge in [0.15, 0.2) is 5.82 Å². The van der Waals surface area contributed by atoms with E-state index >= 15 is 0 Å². The summed E-state index contributed by atoms with van der Waals surface area (Å²) < 4.78 is 26.0. The van der Waals surface area contributed by atoms with Gasteiger partial charge in [0.25, 0.3) is 0 Å². The Balaban J connectivity index is 2.75. The SMILES string of the molecule is Fc1cc(F)c2nc(CBr)ccc2c1. The number of hydrogen-bond donors (Lipinski definition) is 0. The van der Waals surface area contributed by atoms with E-state index in [2.05, 4.69) is 20.9 Å². The molecule has 0 radical (unpaired) electrons. The van der Waals surface area contributed by atoms with Gasteiger partial charge in [-0.3, -0.25) is 0 Å². The lowest BCUT2D eigenvalue weighted by Crippen LogP contribution is -1.90. The highest BCUT2D eigenvalue weighted by molar-refractivity contribution is 9.08. The van der Waals surface area contributed by atoms with E-state index in [1.165, 1.54) is 6.07 Å². The van der Waals surface area contributed by atoms with Crippen LogP contribution in [-0.2, 0) is 5.33 Å². The Bertz CT molecular complexity index is 485. The third-order valence-corrected chi connectivity index (χ3v) is 2.48. The van der Waals surface area contributed by atoms with Crippen LogP contribution in [0.5, 0.6) is 0 Å². The van der Waals surface area contributed by atoms with Crippen molar-refractivity contribution in [2.75, 3.05) is 0 Å². The lowest BCUT2D eigenvalue weighted by Gasteiger charge is -2.01. The molecule has 0 aliphatic heterocycles. The maximum atomic E-state index is 13.2. The van der Waals surface area contributed by atoms with Crippen LogP contribution < -0.4 is 0 Å². The van der Waals surface area contributed by atoms with Crippen molar-refractivity contribution in [2.45, 2.75) is 5.33 Å². The molecule has 1 heterocycles. The van der Waals surface area contributed by atoms with Crippen LogP contribution in [0.25, 0.3) is 10.9 Å². The fourth-order valence-corrected chi connectivity index (χ4v) is 1.58. The maximum absolute atomic E-state index is 13.2. The minimum atomic E-state index is -0.622. The Morgan fingerprint density at radius 3 is 2.71 bits per heavy atom. The molecule has 0 saturated heterocycles. The Kier molecular flexibility index (Phi) is 2.46. The first kappa shape index (κ1) is 9.52. The Hall–Kier alpha value is -1.03. The second-order valence-corrected chi connectivity index (χ2v) is 3.46. The Labute approximate surface area is 87.9 Å². The van der Waals surface area contributed by atoms with Gasteiger partial charge in [-0.1, -0.05) is 22.0 Å². The number of pyridine rings is 1. The molecule has 1 aromatic heterocycles. The van der Waals surface area contributed by atoms with Gasteiger partial charge in [0.2, 0.25) is 0 Å². The van der Waals surface area contributed by atoms with Crippen molar-refractivity contribution >= 4 is 26.8 Å². The fraction of sp³-hybridized carbons (Fsp3) is 0.100. The van der Waals surface area contributed by atoms with Gasteiger partial charge >= 0.3 is 0 Å². The summed E-state index contributed by atoms with van der Waals surface area (Å²) in [6.45, 7) is 0. The van der Waals surface area contributed by atoms with E-state index in [1.54, 1.807) is 12.1 Å². The molecule has 0 saturated carbocycles. The van der Waals surface area contributed by atoms with E-state index in [-0.39, 0.29) is 5.52 Å². The molecule has 14 heavy (non-hydrogen) atoms. The van der Waals surface area contributed by atoms with Crippen LogP contribution in [0.4, 0.5) is 8.78 Å². The molecule has 0 spiro atoms. The zero-order chi connectivity index (χ0) is 10.1. The minimum absolute atomic E-state index is 0.211. The molecule has 0 bridgehead atoms. The summed E-state index contributed by atoms with van der Waals surface area (Å²) in [4.78, 5) is 4.05. The number of rotatable bonds is 1. The average molecular weight is 258 g/mol. The smallest absolute Gasteiger partial charge is 0.152 e. The zero-order valence-corrected chi connectivity index (χ0v) is 8.68. The Morgan fingerprint density at radius 2 is 2.00 bits per heavy atom. The van der Waals surface area contributed by atoms with Gasteiger partial charge in [-0.2, -0.15) is 0 Å². The van der Waals surface area contributed by atoms with Gasteiger partial charge in [0.1, 0.15) is 11.3 Å². The molecule has 4 heteroatoms. The van der Waals surface area contributed by atoms with Crippen LogP contribution >= 0.6 is 15.9 Å². The number of halogens is 3. The lowest BCUT2D eigenvalue weighted by atomic mass is 10.2. The zero-order valence-electron chi connectivity index (χ0n) is 7.10. The first-order chi connectivity index (χ1) is 6.70. The monoisotopic (exact) mass is 257 g/mol. The molecule has 0 fully saturated rings. The second kappa shape index (κ2) is 3.61. The second-order valence-electron chi connectivity index (χ2n) is 2.90. The van der Waals surface area contributed by atoms with Crippen LogP contribution in [0.3, 0.4) is 0 Å². The topological polar surface area (TPSA) is 12.9 Å². The highest BCUT2D eigenvalue weighted by Crippen LogP contribution is 2.18. The number of alkyl halides is 1. The molecule has 0 atom stereocenters. The van der Waals surface area contributed by atoms with Crippen molar-refractivity contribution < 1.29 is 8.78 Å². The van der Waals surface area contributed by atoms with E-state index in [0.717, 1.165) is 11.8 Å². The molecule has 1 nitrogen and oxygen atoms in total. The molecule has 1 aromatic carbocycles. The van der Waals surface area contributed by atoms with Gasteiger partial charge in [-0.25, -0.2) is 13.8 Å². The summed E-state index contributed by atoms with van der Waals surface area (Å²) >= 11 is 3.22. The first-order valence-corrected chi connectivity index (χ1v) is 5.13. The van der Waals surface area contributed by atoms with Crippen LogP contribution in [0.15, 0.2) is 24.3 Å². The van der Waals surface area contributed by atoms with Gasteiger partial charge < -0.3 is 0 Å². The van der Waals surface area contributed by atoms with Crippen molar-refractivity contribution in [2.24, 2.45) is 0 Å². The molecular weight excluding hydrogens is 252 g/mol. The molecule has 2 aromatic rings. The molecular formula is C10H6BrF2N. The number of fused-ring (bicyclic) bond motifs is 1. The normalized spacial score (nSPS) is 10.8. The predicted octanol–water partition coefficient (Wildman–Crippen LogP) is 3.41. The molecule has 0 aliphatic rings. The molecule has 0 N–H and O–H groups in total. The van der Waals surface area contributed by atoms with Crippen molar-refractivity contribution in [3.05, 3.63) is 41.6 Å². The number of benzene rings is 1. The fourth-order valence-electron chi connectivity index (χ4n) is 1.27. The van der Waals surface area contributed by atoms with Gasteiger partial charge in [-0.05, 0) is 12.1 Å². The molecule has 0 aliphatic carbocycles. The third-order valence-electron chi connectivity index (χ3n) is 1.91. The number of aromatic nitrogens is 1. The van der Waals surface area contributed by atoms with Crippen molar-refractivity contribution in [1.82, 2.24) is 4.98 Å². The summed E-state index contributed by atoms with van der Waals surface area (Å²) in [7, 11) is 0. The number of hydrogen-bond acceptors (Lipinski definition) is 1. The summed E-state index contributed by atoms with van der Waals surface area (Å²) in [6.07, 6.45) is 0. The highest BCUT2D eigenvalue weighted by atomic mass is 79.9. The van der Waals surface area contributed by atoms with Gasteiger partial charge in [0.05, 0.1) is 5.69 Å². The average Bonchev–Trinajstić information content (AvgIpc) is 2.17. The van der Waals surface area contributed by atoms with Crippen LogP contribution in [0.2, 0.25) is 0 Å². The van der Waals surface area contributed by atoms with Crippen LogP contribution in [-0.4, -0.2) is 4.98 Å². The summed E-state index contributed by atoms with van der Waals surface area (Å²) in [6, 6.07) is 5.50. The summed E-state index contributed by atoms with van der Waals surface area (Å²) in [5.74, 6) is -1.20. The summed E-state index contributed by atoms with van der Waals surface area (Å²) in [5.41, 5.74) is 0.936. The van der Waals surface area contributed by atoms with E-state index in [4.69, 9.17) is 0 Å². The molecule has 72 valence electrons. The van der Waals surface area contributed by atoms with Crippen molar-refractivity contribution in [1.29, 1.82) is 0 Å². The standard InChI is InChI=1S/C10H6BrF2N/c11-5-8-2-1-6-3-7(12)4-9(13)10(6)14-8/h1-4H,5H2. The number of nitrogens with zero attached hydrogens (tertiary/aromatic N) is 1. The molecule has 0 unspecified atom stereocenters. The largest absolute Gasteiger partial charge is 0.249 e. The van der Waals surface area contributed by atoms with Gasteiger partial charge in [-0.15, -0.1) is 0 Å². The predicted molar refractivity (Wildman–Crippen MR) is 54.3 cm³/mol. The highest BCUT2D eigenvalue weighted by Gasteiger charge is 2.05. The quantitative estimate of drug-likeness (QED) is 0.714. The van der Waals surface area contributed by atoms with E-state index in [0.29, 0.717) is 10.7 Å². The third kappa shape index (κ3) is 1.62. The van der Waals surface area contributed by atoms with Crippen molar-refractivity contribution in [3.8, 4) is 0 Å². The maximum Gasteiger partial charge on any atom is 0.152 e. The van der Waals surface area contributed by atoms with E-state index < -0.39 is 11.6 Å². The van der Waals surface area contributed by atoms with E-state index in [1.807, 2.05) is 0 Å². The molecule has 2 rings (SSSR count). The molecule has 0 amide bonds. The van der Waals surface area contributed by atoms with E-state index in [9.17, 15) is 8.78 Å². The summed E-state index contributed by atoms with van der Waals surface area (Å²) in [5, 5.41) is 1.03. The minimum Gasteiger partial charge on any atom is -0.249 e.